The first-order valence-electron chi connectivity index (χ1n) is 7.36. The van der Waals surface area contributed by atoms with Gasteiger partial charge in [0.05, 0.1) is 16.6 Å². The van der Waals surface area contributed by atoms with Crippen LogP contribution in [-0.4, -0.2) is 9.97 Å². The summed E-state index contributed by atoms with van der Waals surface area (Å²) >= 11 is 0. The van der Waals surface area contributed by atoms with Crippen LogP contribution in [-0.2, 0) is 0 Å². The standard InChI is InChI=1S/C20H12N2/c1-3-7-17-13(5-1)11-14-9-10-15-12-21-18-8-4-2-6-16(18)19(15)20(14)22-17/h1-12H. The molecule has 22 heavy (non-hydrogen) atoms. The van der Waals surface area contributed by atoms with Crippen molar-refractivity contribution in [3.63, 3.8) is 0 Å². The summed E-state index contributed by atoms with van der Waals surface area (Å²) in [7, 11) is 0. The van der Waals surface area contributed by atoms with Crippen LogP contribution in [0.2, 0.25) is 0 Å². The zero-order chi connectivity index (χ0) is 14.5. The zero-order valence-corrected chi connectivity index (χ0v) is 11.8. The largest absolute Gasteiger partial charge is 0.256 e. The quantitative estimate of drug-likeness (QED) is 0.292. The van der Waals surface area contributed by atoms with Crippen molar-refractivity contribution in [3.05, 3.63) is 72.9 Å². The molecule has 0 aliphatic carbocycles. The van der Waals surface area contributed by atoms with E-state index in [4.69, 9.17) is 4.98 Å². The van der Waals surface area contributed by atoms with Crippen LogP contribution in [0, 0.1) is 0 Å². The summed E-state index contributed by atoms with van der Waals surface area (Å²) in [5, 5.41) is 5.83. The maximum Gasteiger partial charge on any atom is 0.0795 e. The molecule has 0 saturated carbocycles. The molecule has 0 aliphatic heterocycles. The average molecular weight is 280 g/mol. The molecule has 2 aromatic heterocycles. The number of rotatable bonds is 0. The highest BCUT2D eigenvalue weighted by Crippen LogP contribution is 2.31. The number of aromatic nitrogens is 2. The molecule has 0 aliphatic rings. The molecular weight excluding hydrogens is 268 g/mol. The van der Waals surface area contributed by atoms with E-state index in [2.05, 4.69) is 59.6 Å². The Hall–Kier alpha value is -3.00. The third-order valence-electron chi connectivity index (χ3n) is 4.24. The molecule has 5 aromatic rings. The summed E-state index contributed by atoms with van der Waals surface area (Å²) in [6.45, 7) is 0. The molecule has 5 rings (SSSR count). The van der Waals surface area contributed by atoms with Crippen LogP contribution in [0.1, 0.15) is 0 Å². The van der Waals surface area contributed by atoms with Crippen molar-refractivity contribution >= 4 is 43.5 Å². The molecule has 0 N–H and O–H groups in total. The van der Waals surface area contributed by atoms with Crippen molar-refractivity contribution in [2.24, 2.45) is 0 Å². The lowest BCUT2D eigenvalue weighted by Crippen LogP contribution is -1.87. The maximum absolute atomic E-state index is 4.93. The average Bonchev–Trinajstić information content (AvgIpc) is 2.59. The van der Waals surface area contributed by atoms with E-state index in [9.17, 15) is 0 Å². The minimum Gasteiger partial charge on any atom is -0.256 e. The molecule has 0 unspecified atom stereocenters. The Balaban J connectivity index is 2.09. The Bertz CT molecular complexity index is 1180. The molecule has 0 atom stereocenters. The van der Waals surface area contributed by atoms with Gasteiger partial charge in [-0.05, 0) is 18.2 Å². The molecule has 2 nitrogen and oxygen atoms in total. The van der Waals surface area contributed by atoms with E-state index in [1.807, 2.05) is 18.3 Å². The van der Waals surface area contributed by atoms with E-state index < -0.39 is 0 Å². The first-order valence-corrected chi connectivity index (χ1v) is 7.36. The highest BCUT2D eigenvalue weighted by Gasteiger charge is 2.08. The summed E-state index contributed by atoms with van der Waals surface area (Å²) < 4.78 is 0. The molecule has 0 bridgehead atoms. The van der Waals surface area contributed by atoms with Crippen LogP contribution in [0.4, 0.5) is 0 Å². The third kappa shape index (κ3) is 1.55. The van der Waals surface area contributed by atoms with Gasteiger partial charge in [-0.25, -0.2) is 4.98 Å². The predicted molar refractivity (Wildman–Crippen MR) is 92.1 cm³/mol. The number of nitrogens with zero attached hydrogens (tertiary/aromatic N) is 2. The number of hydrogen-bond donors (Lipinski definition) is 0. The van der Waals surface area contributed by atoms with Gasteiger partial charge >= 0.3 is 0 Å². The monoisotopic (exact) mass is 280 g/mol. The lowest BCUT2D eigenvalue weighted by atomic mass is 10.0. The van der Waals surface area contributed by atoms with Gasteiger partial charge in [0.15, 0.2) is 0 Å². The van der Waals surface area contributed by atoms with Gasteiger partial charge in [-0.3, -0.25) is 4.98 Å². The number of para-hydroxylation sites is 2. The zero-order valence-electron chi connectivity index (χ0n) is 11.8. The first kappa shape index (κ1) is 11.6. The number of fused-ring (bicyclic) bond motifs is 6. The minimum atomic E-state index is 1.01. The van der Waals surface area contributed by atoms with Gasteiger partial charge in [0.2, 0.25) is 0 Å². The fourth-order valence-electron chi connectivity index (χ4n) is 3.19. The SMILES string of the molecule is c1ccc2nc3c(ccc4cnc5ccccc5c43)cc2c1. The lowest BCUT2D eigenvalue weighted by Gasteiger charge is -2.08. The Kier molecular flexibility index (Phi) is 2.25. The predicted octanol–water partition coefficient (Wildman–Crippen LogP) is 5.09. The number of benzene rings is 3. The van der Waals surface area contributed by atoms with Crippen LogP contribution in [0.3, 0.4) is 0 Å². The van der Waals surface area contributed by atoms with Crippen molar-refractivity contribution in [2.45, 2.75) is 0 Å². The van der Waals surface area contributed by atoms with Crippen molar-refractivity contribution in [1.29, 1.82) is 0 Å². The van der Waals surface area contributed by atoms with Gasteiger partial charge in [-0.15, -0.1) is 0 Å². The molecule has 0 radical (unpaired) electrons. The summed E-state index contributed by atoms with van der Waals surface area (Å²) in [4.78, 5) is 9.48. The highest BCUT2D eigenvalue weighted by molar-refractivity contribution is 6.18. The second-order valence-corrected chi connectivity index (χ2v) is 5.56. The molecule has 0 saturated heterocycles. The third-order valence-corrected chi connectivity index (χ3v) is 4.24. The maximum atomic E-state index is 4.93. The molecule has 0 amide bonds. The van der Waals surface area contributed by atoms with E-state index in [1.165, 1.54) is 16.2 Å². The number of hydrogen-bond acceptors (Lipinski definition) is 2. The summed E-state index contributed by atoms with van der Waals surface area (Å²) in [5.74, 6) is 0. The second kappa shape index (κ2) is 4.25. The van der Waals surface area contributed by atoms with E-state index in [0.717, 1.165) is 27.3 Å². The highest BCUT2D eigenvalue weighted by atomic mass is 14.7. The smallest absolute Gasteiger partial charge is 0.0795 e. The Labute approximate surface area is 127 Å². The fourth-order valence-corrected chi connectivity index (χ4v) is 3.19. The normalized spacial score (nSPS) is 11.6. The van der Waals surface area contributed by atoms with Gasteiger partial charge in [0, 0.05) is 33.1 Å². The van der Waals surface area contributed by atoms with E-state index in [1.54, 1.807) is 0 Å². The van der Waals surface area contributed by atoms with Crippen LogP contribution in [0.5, 0.6) is 0 Å². The van der Waals surface area contributed by atoms with E-state index in [0.29, 0.717) is 0 Å². The number of pyridine rings is 2. The Morgan fingerprint density at radius 3 is 2.36 bits per heavy atom. The topological polar surface area (TPSA) is 25.8 Å². The van der Waals surface area contributed by atoms with Crippen molar-refractivity contribution in [2.75, 3.05) is 0 Å². The molecule has 3 aromatic carbocycles. The van der Waals surface area contributed by atoms with Crippen molar-refractivity contribution < 1.29 is 0 Å². The molecule has 0 fully saturated rings. The van der Waals surface area contributed by atoms with Crippen molar-refractivity contribution in [1.82, 2.24) is 9.97 Å². The van der Waals surface area contributed by atoms with Crippen LogP contribution in [0.25, 0.3) is 43.5 Å². The summed E-state index contributed by atoms with van der Waals surface area (Å²) in [5.41, 5.74) is 3.09. The van der Waals surface area contributed by atoms with Gasteiger partial charge in [-0.2, -0.15) is 0 Å². The summed E-state index contributed by atoms with van der Waals surface area (Å²) in [6, 6.07) is 23.0. The fraction of sp³-hybridized carbons (Fsp3) is 0. The minimum absolute atomic E-state index is 1.01. The Morgan fingerprint density at radius 1 is 0.636 bits per heavy atom. The lowest BCUT2D eigenvalue weighted by molar-refractivity contribution is 1.44. The Morgan fingerprint density at radius 2 is 1.41 bits per heavy atom. The van der Waals surface area contributed by atoms with Gasteiger partial charge in [0.25, 0.3) is 0 Å². The van der Waals surface area contributed by atoms with Crippen LogP contribution < -0.4 is 0 Å². The molecule has 2 heterocycles. The molecule has 102 valence electrons. The molecule has 2 heteroatoms. The van der Waals surface area contributed by atoms with Crippen LogP contribution in [0.15, 0.2) is 72.9 Å². The van der Waals surface area contributed by atoms with Gasteiger partial charge < -0.3 is 0 Å². The summed E-state index contributed by atoms with van der Waals surface area (Å²) in [6.07, 6.45) is 1.94. The molecular formula is C20H12N2. The van der Waals surface area contributed by atoms with Crippen molar-refractivity contribution in [3.8, 4) is 0 Å². The van der Waals surface area contributed by atoms with Gasteiger partial charge in [0.1, 0.15) is 0 Å². The first-order chi connectivity index (χ1) is 10.9. The van der Waals surface area contributed by atoms with E-state index in [-0.39, 0.29) is 0 Å². The van der Waals surface area contributed by atoms with E-state index >= 15 is 0 Å². The van der Waals surface area contributed by atoms with Gasteiger partial charge in [-0.1, -0.05) is 48.5 Å². The molecule has 0 spiro atoms. The van der Waals surface area contributed by atoms with Crippen LogP contribution >= 0.6 is 0 Å². The second-order valence-electron chi connectivity index (χ2n) is 5.56.